The van der Waals surface area contributed by atoms with Gasteiger partial charge in [-0.15, -0.1) is 0 Å². The summed E-state index contributed by atoms with van der Waals surface area (Å²) in [5, 5.41) is 0. The summed E-state index contributed by atoms with van der Waals surface area (Å²) in [6.07, 6.45) is 0. The van der Waals surface area contributed by atoms with Crippen LogP contribution in [0.15, 0.2) is 54.6 Å². The van der Waals surface area contributed by atoms with Crippen LogP contribution in [0.5, 0.6) is 17.2 Å². The first kappa shape index (κ1) is 12.4. The van der Waals surface area contributed by atoms with Crippen molar-refractivity contribution in [2.24, 2.45) is 5.84 Å². The van der Waals surface area contributed by atoms with Gasteiger partial charge in [-0.3, -0.25) is 11.3 Å². The van der Waals surface area contributed by atoms with E-state index in [2.05, 4.69) is 5.43 Å². The Morgan fingerprint density at radius 3 is 2.11 bits per heavy atom. The maximum absolute atomic E-state index is 5.67. The molecule has 0 aliphatic heterocycles. The van der Waals surface area contributed by atoms with Gasteiger partial charge in [0, 0.05) is 6.54 Å². The molecule has 0 amide bonds. The number of ether oxygens (including phenoxy) is 2. The van der Waals surface area contributed by atoms with E-state index in [-0.39, 0.29) is 0 Å². The normalized spacial score (nSPS) is 10.1. The molecule has 18 heavy (non-hydrogen) atoms. The molecule has 0 radical (unpaired) electrons. The Morgan fingerprint density at radius 2 is 1.44 bits per heavy atom. The number of benzene rings is 2. The van der Waals surface area contributed by atoms with Crippen LogP contribution in [-0.4, -0.2) is 13.2 Å². The van der Waals surface area contributed by atoms with Crippen molar-refractivity contribution >= 4 is 0 Å². The van der Waals surface area contributed by atoms with Gasteiger partial charge < -0.3 is 9.47 Å². The van der Waals surface area contributed by atoms with E-state index >= 15 is 0 Å². The fourth-order valence-corrected chi connectivity index (χ4v) is 1.46. The highest BCUT2D eigenvalue weighted by molar-refractivity contribution is 5.35. The van der Waals surface area contributed by atoms with Gasteiger partial charge in [-0.2, -0.15) is 0 Å². The summed E-state index contributed by atoms with van der Waals surface area (Å²) >= 11 is 0. The average Bonchev–Trinajstić information content (AvgIpc) is 2.42. The molecule has 2 rings (SSSR count). The van der Waals surface area contributed by atoms with Gasteiger partial charge in [0.05, 0.1) is 0 Å². The van der Waals surface area contributed by atoms with Crippen molar-refractivity contribution in [2.75, 3.05) is 13.2 Å². The fraction of sp³-hybridized carbons (Fsp3) is 0.143. The molecule has 4 nitrogen and oxygen atoms in total. The van der Waals surface area contributed by atoms with Crippen molar-refractivity contribution in [2.45, 2.75) is 0 Å². The van der Waals surface area contributed by atoms with E-state index in [4.69, 9.17) is 15.3 Å². The van der Waals surface area contributed by atoms with E-state index in [9.17, 15) is 0 Å². The molecule has 0 heterocycles. The van der Waals surface area contributed by atoms with Crippen molar-refractivity contribution in [1.29, 1.82) is 0 Å². The van der Waals surface area contributed by atoms with E-state index in [1.807, 2.05) is 54.6 Å². The van der Waals surface area contributed by atoms with Crippen LogP contribution in [0.1, 0.15) is 0 Å². The summed E-state index contributed by atoms with van der Waals surface area (Å²) in [6, 6.07) is 17.1. The zero-order valence-electron chi connectivity index (χ0n) is 10.0. The minimum atomic E-state index is 0.537. The fourth-order valence-electron chi connectivity index (χ4n) is 1.46. The number of rotatable bonds is 6. The Labute approximate surface area is 106 Å². The first-order valence-corrected chi connectivity index (χ1v) is 5.78. The maximum Gasteiger partial charge on any atom is 0.127 e. The number of hydrogen-bond donors (Lipinski definition) is 2. The standard InChI is InChI=1S/C14H16N2O2/c15-16-10-11-17-12-6-8-14(9-7-12)18-13-4-2-1-3-5-13/h1-9,16H,10-11,15H2. The van der Waals surface area contributed by atoms with Gasteiger partial charge in [-0.25, -0.2) is 0 Å². The maximum atomic E-state index is 5.67. The Bertz CT molecular complexity index is 457. The number of nitrogens with two attached hydrogens (primary N) is 1. The first-order chi connectivity index (χ1) is 8.88. The van der Waals surface area contributed by atoms with Gasteiger partial charge in [0.25, 0.3) is 0 Å². The predicted octanol–water partition coefficient (Wildman–Crippen LogP) is 2.32. The summed E-state index contributed by atoms with van der Waals surface area (Å²) in [4.78, 5) is 0. The van der Waals surface area contributed by atoms with Gasteiger partial charge in [-0.1, -0.05) is 18.2 Å². The lowest BCUT2D eigenvalue weighted by Gasteiger charge is -2.08. The number of para-hydroxylation sites is 1. The zero-order chi connectivity index (χ0) is 12.6. The molecule has 0 saturated carbocycles. The lowest BCUT2D eigenvalue weighted by Crippen LogP contribution is -2.27. The molecule has 0 bridgehead atoms. The van der Waals surface area contributed by atoms with Crippen molar-refractivity contribution in [1.82, 2.24) is 5.43 Å². The molecule has 0 atom stereocenters. The molecule has 0 aliphatic rings. The van der Waals surface area contributed by atoms with Crippen LogP contribution < -0.4 is 20.7 Å². The highest BCUT2D eigenvalue weighted by Gasteiger charge is 1.97. The van der Waals surface area contributed by atoms with Crippen LogP contribution in [-0.2, 0) is 0 Å². The van der Waals surface area contributed by atoms with Gasteiger partial charge in [0.15, 0.2) is 0 Å². The van der Waals surface area contributed by atoms with Crippen LogP contribution in [0.25, 0.3) is 0 Å². The van der Waals surface area contributed by atoms with Crippen molar-refractivity contribution < 1.29 is 9.47 Å². The zero-order valence-corrected chi connectivity index (χ0v) is 10.0. The molecule has 2 aromatic rings. The average molecular weight is 244 g/mol. The lowest BCUT2D eigenvalue weighted by molar-refractivity contribution is 0.314. The molecular weight excluding hydrogens is 228 g/mol. The van der Waals surface area contributed by atoms with Crippen molar-refractivity contribution in [3.05, 3.63) is 54.6 Å². The highest BCUT2D eigenvalue weighted by atomic mass is 16.5. The van der Waals surface area contributed by atoms with E-state index in [1.165, 1.54) is 0 Å². The van der Waals surface area contributed by atoms with Gasteiger partial charge in [-0.05, 0) is 36.4 Å². The third-order valence-corrected chi connectivity index (χ3v) is 2.32. The monoisotopic (exact) mass is 244 g/mol. The molecular formula is C14H16N2O2. The Balaban J connectivity index is 1.91. The molecule has 0 aliphatic carbocycles. The Kier molecular flexibility index (Phi) is 4.58. The Hall–Kier alpha value is -2.04. The number of nitrogens with one attached hydrogen (secondary N) is 1. The SMILES string of the molecule is NNCCOc1ccc(Oc2ccccc2)cc1. The smallest absolute Gasteiger partial charge is 0.127 e. The molecule has 0 spiro atoms. The first-order valence-electron chi connectivity index (χ1n) is 5.78. The number of hydrazine groups is 1. The molecule has 0 unspecified atom stereocenters. The van der Waals surface area contributed by atoms with E-state index in [1.54, 1.807) is 0 Å². The van der Waals surface area contributed by atoms with Gasteiger partial charge >= 0.3 is 0 Å². The highest BCUT2D eigenvalue weighted by Crippen LogP contribution is 2.23. The lowest BCUT2D eigenvalue weighted by atomic mass is 10.3. The van der Waals surface area contributed by atoms with E-state index < -0.39 is 0 Å². The van der Waals surface area contributed by atoms with Crippen LogP contribution in [0.2, 0.25) is 0 Å². The van der Waals surface area contributed by atoms with Gasteiger partial charge in [0.2, 0.25) is 0 Å². The van der Waals surface area contributed by atoms with Gasteiger partial charge in [0.1, 0.15) is 23.9 Å². The largest absolute Gasteiger partial charge is 0.492 e. The second-order valence-electron chi connectivity index (χ2n) is 3.69. The quantitative estimate of drug-likeness (QED) is 0.465. The van der Waals surface area contributed by atoms with Crippen LogP contribution >= 0.6 is 0 Å². The summed E-state index contributed by atoms with van der Waals surface area (Å²) in [5.41, 5.74) is 2.53. The minimum absolute atomic E-state index is 0.537. The molecule has 0 aromatic heterocycles. The summed E-state index contributed by atoms with van der Waals surface area (Å²) in [5.74, 6) is 7.55. The molecule has 4 heteroatoms. The minimum Gasteiger partial charge on any atom is -0.492 e. The molecule has 94 valence electrons. The van der Waals surface area contributed by atoms with Crippen LogP contribution in [0.4, 0.5) is 0 Å². The summed E-state index contributed by atoms with van der Waals surface area (Å²) < 4.78 is 11.1. The predicted molar refractivity (Wildman–Crippen MR) is 70.6 cm³/mol. The Morgan fingerprint density at radius 1 is 0.833 bits per heavy atom. The second kappa shape index (κ2) is 6.64. The van der Waals surface area contributed by atoms with Crippen LogP contribution in [0.3, 0.4) is 0 Å². The topological polar surface area (TPSA) is 56.5 Å². The molecule has 0 saturated heterocycles. The molecule has 0 fully saturated rings. The van der Waals surface area contributed by atoms with Crippen molar-refractivity contribution in [3.63, 3.8) is 0 Å². The van der Waals surface area contributed by atoms with E-state index in [0.29, 0.717) is 13.2 Å². The summed E-state index contributed by atoms with van der Waals surface area (Å²) in [6.45, 7) is 1.15. The molecule has 2 aromatic carbocycles. The van der Waals surface area contributed by atoms with E-state index in [0.717, 1.165) is 17.2 Å². The second-order valence-corrected chi connectivity index (χ2v) is 3.69. The third-order valence-electron chi connectivity index (χ3n) is 2.32. The van der Waals surface area contributed by atoms with Crippen molar-refractivity contribution in [3.8, 4) is 17.2 Å². The third kappa shape index (κ3) is 3.76. The summed E-state index contributed by atoms with van der Waals surface area (Å²) in [7, 11) is 0. The van der Waals surface area contributed by atoms with Crippen LogP contribution in [0, 0.1) is 0 Å². The number of hydrogen-bond acceptors (Lipinski definition) is 4. The molecule has 3 N–H and O–H groups in total.